The zero-order valence-corrected chi connectivity index (χ0v) is 11.4. The van der Waals surface area contributed by atoms with E-state index in [0.29, 0.717) is 23.6 Å². The minimum Gasteiger partial charge on any atom is -0.358 e. The van der Waals surface area contributed by atoms with E-state index in [1.54, 1.807) is 6.20 Å². The van der Waals surface area contributed by atoms with Crippen molar-refractivity contribution in [1.82, 2.24) is 15.1 Å². The molecule has 0 aliphatic rings. The van der Waals surface area contributed by atoms with E-state index < -0.39 is 4.92 Å². The Balaban J connectivity index is 2.60. The summed E-state index contributed by atoms with van der Waals surface area (Å²) in [7, 11) is 0. The van der Waals surface area contributed by atoms with Gasteiger partial charge in [0.05, 0.1) is 17.8 Å². The van der Waals surface area contributed by atoms with Crippen LogP contribution < -0.4 is 5.32 Å². The van der Waals surface area contributed by atoms with Crippen molar-refractivity contribution in [3.63, 3.8) is 0 Å². The Morgan fingerprint density at radius 1 is 1.76 bits per heavy atom. The van der Waals surface area contributed by atoms with Crippen molar-refractivity contribution in [2.24, 2.45) is 0 Å². The number of halogens is 1. The number of hydrogen-bond acceptors (Lipinski definition) is 4. The van der Waals surface area contributed by atoms with Crippen molar-refractivity contribution in [3.05, 3.63) is 32.9 Å². The van der Waals surface area contributed by atoms with E-state index in [-0.39, 0.29) is 5.82 Å². The molecule has 0 bridgehead atoms. The van der Waals surface area contributed by atoms with E-state index in [0.717, 1.165) is 5.57 Å². The van der Waals surface area contributed by atoms with Crippen molar-refractivity contribution in [2.75, 3.05) is 6.54 Å². The molecule has 6 nitrogen and oxygen atoms in total. The lowest BCUT2D eigenvalue weighted by Gasteiger charge is -2.08. The van der Waals surface area contributed by atoms with E-state index in [1.807, 2.05) is 13.8 Å². The smallest absolute Gasteiger partial charge is 0.358 e. The molecule has 0 atom stereocenters. The van der Waals surface area contributed by atoms with Crippen molar-refractivity contribution in [2.45, 2.75) is 26.4 Å². The summed E-state index contributed by atoms with van der Waals surface area (Å²) >= 11 is 3.10. The number of nitrogens with zero attached hydrogens (tertiary/aromatic N) is 3. The molecule has 0 amide bonds. The monoisotopic (exact) mass is 302 g/mol. The highest BCUT2D eigenvalue weighted by molar-refractivity contribution is 9.10. The molecule has 0 fully saturated rings. The van der Waals surface area contributed by atoms with Gasteiger partial charge < -0.3 is 15.4 Å². The van der Waals surface area contributed by atoms with Crippen LogP contribution in [0.15, 0.2) is 22.8 Å². The molecule has 1 rings (SSSR count). The second kappa shape index (κ2) is 5.92. The second-order valence-corrected chi connectivity index (χ2v) is 4.90. The molecule has 1 N–H and O–H groups in total. The van der Waals surface area contributed by atoms with Gasteiger partial charge in [0, 0.05) is 12.6 Å². The Morgan fingerprint density at radius 3 is 2.88 bits per heavy atom. The number of rotatable bonds is 6. The predicted molar refractivity (Wildman–Crippen MR) is 68.9 cm³/mol. The first kappa shape index (κ1) is 13.9. The van der Waals surface area contributed by atoms with Crippen LogP contribution in [0.2, 0.25) is 0 Å². The standard InChI is InChI=1S/C10H15BrN4O2/c1-7(2)12-4-8(3)5-14-6-9(11)10(13-14)15(16)17/h6-7,12H,3-5H2,1-2H3. The quantitative estimate of drug-likeness (QED) is 0.496. The summed E-state index contributed by atoms with van der Waals surface area (Å²) in [6.07, 6.45) is 1.58. The molecule has 0 aliphatic carbocycles. The third-order valence-electron chi connectivity index (χ3n) is 2.02. The van der Waals surface area contributed by atoms with Gasteiger partial charge in [-0.2, -0.15) is 4.68 Å². The number of aromatic nitrogens is 2. The first-order chi connectivity index (χ1) is 7.90. The summed E-state index contributed by atoms with van der Waals surface area (Å²) in [5.41, 5.74) is 0.920. The van der Waals surface area contributed by atoms with Gasteiger partial charge in [-0.15, -0.1) is 0 Å². The first-order valence-corrected chi connectivity index (χ1v) is 5.97. The molecule has 0 unspecified atom stereocenters. The molecule has 1 heterocycles. The molecule has 0 radical (unpaired) electrons. The highest BCUT2D eigenvalue weighted by Crippen LogP contribution is 2.22. The summed E-state index contributed by atoms with van der Waals surface area (Å²) < 4.78 is 1.89. The van der Waals surface area contributed by atoms with E-state index in [2.05, 4.69) is 32.9 Å². The lowest BCUT2D eigenvalue weighted by Crippen LogP contribution is -2.26. The van der Waals surface area contributed by atoms with E-state index in [1.165, 1.54) is 4.68 Å². The van der Waals surface area contributed by atoms with Gasteiger partial charge in [-0.05, 0) is 26.4 Å². The molecular weight excluding hydrogens is 288 g/mol. The van der Waals surface area contributed by atoms with Gasteiger partial charge in [0.2, 0.25) is 0 Å². The molecule has 0 spiro atoms. The van der Waals surface area contributed by atoms with Gasteiger partial charge >= 0.3 is 5.82 Å². The van der Waals surface area contributed by atoms with Gasteiger partial charge in [0.15, 0.2) is 0 Å². The third kappa shape index (κ3) is 4.27. The number of nitro groups is 1. The van der Waals surface area contributed by atoms with Crippen molar-refractivity contribution < 1.29 is 4.92 Å². The molecule has 1 aromatic rings. The molecule has 0 aromatic carbocycles. The predicted octanol–water partition coefficient (Wildman–Crippen LogP) is 2.11. The van der Waals surface area contributed by atoms with Crippen LogP contribution in [0.5, 0.6) is 0 Å². The van der Waals surface area contributed by atoms with E-state index >= 15 is 0 Å². The van der Waals surface area contributed by atoms with Gasteiger partial charge in [-0.25, -0.2) is 0 Å². The van der Waals surface area contributed by atoms with Gasteiger partial charge in [0.25, 0.3) is 0 Å². The topological polar surface area (TPSA) is 73.0 Å². The summed E-state index contributed by atoms with van der Waals surface area (Å²) in [5, 5.41) is 17.7. The van der Waals surface area contributed by atoms with Gasteiger partial charge in [0.1, 0.15) is 4.47 Å². The fourth-order valence-electron chi connectivity index (χ4n) is 1.23. The molecule has 0 aliphatic heterocycles. The molecule has 0 saturated heterocycles. The van der Waals surface area contributed by atoms with E-state index in [4.69, 9.17) is 0 Å². The summed E-state index contributed by atoms with van der Waals surface area (Å²) in [4.78, 5) is 10.1. The maximum Gasteiger partial charge on any atom is 0.404 e. The lowest BCUT2D eigenvalue weighted by molar-refractivity contribution is -0.390. The van der Waals surface area contributed by atoms with Crippen LogP contribution in [-0.2, 0) is 6.54 Å². The zero-order chi connectivity index (χ0) is 13.0. The highest BCUT2D eigenvalue weighted by Gasteiger charge is 2.18. The normalized spacial score (nSPS) is 10.8. The van der Waals surface area contributed by atoms with Gasteiger partial charge in [-0.3, -0.25) is 0 Å². The van der Waals surface area contributed by atoms with Gasteiger partial charge in [-0.1, -0.05) is 20.4 Å². The van der Waals surface area contributed by atoms with E-state index in [9.17, 15) is 10.1 Å². The summed E-state index contributed by atoms with van der Waals surface area (Å²) in [6, 6.07) is 0.380. The molecule has 17 heavy (non-hydrogen) atoms. The van der Waals surface area contributed by atoms with Crippen LogP contribution in [0.3, 0.4) is 0 Å². The van der Waals surface area contributed by atoms with Crippen LogP contribution in [0.1, 0.15) is 13.8 Å². The summed E-state index contributed by atoms with van der Waals surface area (Å²) in [6.45, 7) is 9.12. The lowest BCUT2D eigenvalue weighted by atomic mass is 10.3. The Kier molecular flexibility index (Phi) is 4.83. The van der Waals surface area contributed by atoms with Crippen LogP contribution in [0.4, 0.5) is 5.82 Å². The average molecular weight is 303 g/mol. The van der Waals surface area contributed by atoms with Crippen LogP contribution in [0, 0.1) is 10.1 Å². The fraction of sp³-hybridized carbons (Fsp3) is 0.500. The Hall–Kier alpha value is -1.21. The summed E-state index contributed by atoms with van der Waals surface area (Å²) in [5.74, 6) is -0.172. The third-order valence-corrected chi connectivity index (χ3v) is 2.58. The van der Waals surface area contributed by atoms with Crippen molar-refractivity contribution in [3.8, 4) is 0 Å². The molecule has 94 valence electrons. The SMILES string of the molecule is C=C(CNC(C)C)Cn1cc(Br)c([N+](=O)[O-])n1. The fourth-order valence-corrected chi connectivity index (χ4v) is 1.69. The maximum atomic E-state index is 10.6. The number of nitrogens with one attached hydrogen (secondary N) is 1. The Labute approximate surface area is 108 Å². The zero-order valence-electron chi connectivity index (χ0n) is 9.81. The largest absolute Gasteiger partial charge is 0.404 e. The maximum absolute atomic E-state index is 10.6. The molecular formula is C10H15BrN4O2. The van der Waals surface area contributed by atoms with Crippen molar-refractivity contribution >= 4 is 21.7 Å². The van der Waals surface area contributed by atoms with Crippen molar-refractivity contribution in [1.29, 1.82) is 0 Å². The Morgan fingerprint density at radius 2 is 2.41 bits per heavy atom. The molecule has 0 saturated carbocycles. The minimum absolute atomic E-state index is 0.172. The average Bonchev–Trinajstić information content (AvgIpc) is 2.56. The van der Waals surface area contributed by atoms with Crippen LogP contribution >= 0.6 is 15.9 Å². The number of hydrogen-bond donors (Lipinski definition) is 1. The molecule has 7 heteroatoms. The highest BCUT2D eigenvalue weighted by atomic mass is 79.9. The molecule has 1 aromatic heterocycles. The minimum atomic E-state index is -0.518. The first-order valence-electron chi connectivity index (χ1n) is 5.17. The second-order valence-electron chi connectivity index (χ2n) is 4.04. The Bertz CT molecular complexity index is 428. The van der Waals surface area contributed by atoms with Crippen LogP contribution in [-0.4, -0.2) is 27.3 Å². The van der Waals surface area contributed by atoms with Crippen LogP contribution in [0.25, 0.3) is 0 Å².